The monoisotopic (exact) mass is 355 g/mol. The van der Waals surface area contributed by atoms with E-state index >= 15 is 0 Å². The van der Waals surface area contributed by atoms with Gasteiger partial charge in [0, 0.05) is 12.0 Å². The van der Waals surface area contributed by atoms with Crippen molar-refractivity contribution in [2.24, 2.45) is 0 Å². The minimum absolute atomic E-state index is 0.819. The van der Waals surface area contributed by atoms with E-state index < -0.39 is 0 Å². The molecule has 0 fully saturated rings. The van der Waals surface area contributed by atoms with Crippen molar-refractivity contribution in [3.63, 3.8) is 0 Å². The Labute approximate surface area is 159 Å². The number of aryl methyl sites for hydroxylation is 1. The lowest BCUT2D eigenvalue weighted by molar-refractivity contribution is -0.596. The van der Waals surface area contributed by atoms with Crippen LogP contribution in [0.2, 0.25) is 0 Å². The summed E-state index contributed by atoms with van der Waals surface area (Å²) in [4.78, 5) is 0. The third-order valence-electron chi connectivity index (χ3n) is 4.74. The van der Waals surface area contributed by atoms with Gasteiger partial charge in [-0.2, -0.15) is 4.57 Å². The SMILES string of the molecule is CCCCc1cc(-c2ccccc2)cc(-c2ccccc2)[n+]1-c1cn[nH]n1. The second kappa shape index (κ2) is 7.96. The molecular weight excluding hydrogens is 332 g/mol. The number of rotatable bonds is 6. The average Bonchev–Trinajstić information content (AvgIpc) is 3.27. The lowest BCUT2D eigenvalue weighted by Crippen LogP contribution is -2.39. The number of hydrogen-bond acceptors (Lipinski definition) is 2. The number of nitrogens with zero attached hydrogens (tertiary/aromatic N) is 3. The molecule has 2 aromatic carbocycles. The predicted octanol–water partition coefficient (Wildman–Crippen LogP) is 4.76. The van der Waals surface area contributed by atoms with E-state index in [0.717, 1.165) is 36.3 Å². The molecule has 0 radical (unpaired) electrons. The van der Waals surface area contributed by atoms with E-state index in [1.807, 2.05) is 6.07 Å². The highest BCUT2D eigenvalue weighted by atomic mass is 15.4. The van der Waals surface area contributed by atoms with E-state index in [4.69, 9.17) is 0 Å². The maximum absolute atomic E-state index is 4.37. The molecule has 0 spiro atoms. The second-order valence-electron chi connectivity index (χ2n) is 6.62. The molecular formula is C23H23N4+. The summed E-state index contributed by atoms with van der Waals surface area (Å²) in [6, 6.07) is 25.6. The van der Waals surface area contributed by atoms with Crippen molar-refractivity contribution in [3.05, 3.63) is 84.7 Å². The smallest absolute Gasteiger partial charge is 0.190 e. The molecule has 0 saturated carbocycles. The Hall–Kier alpha value is -3.27. The van der Waals surface area contributed by atoms with Crippen LogP contribution in [0.4, 0.5) is 0 Å². The van der Waals surface area contributed by atoms with Crippen molar-refractivity contribution < 1.29 is 4.57 Å². The largest absolute Gasteiger partial charge is 0.375 e. The summed E-state index contributed by atoms with van der Waals surface area (Å²) >= 11 is 0. The minimum Gasteiger partial charge on any atom is -0.190 e. The van der Waals surface area contributed by atoms with Gasteiger partial charge in [-0.25, -0.2) is 0 Å². The van der Waals surface area contributed by atoms with Gasteiger partial charge >= 0.3 is 5.82 Å². The second-order valence-corrected chi connectivity index (χ2v) is 6.62. The van der Waals surface area contributed by atoms with E-state index in [9.17, 15) is 0 Å². The maximum atomic E-state index is 4.37. The number of hydrogen-bond donors (Lipinski definition) is 1. The first kappa shape index (κ1) is 17.2. The van der Waals surface area contributed by atoms with Crippen LogP contribution in [0.15, 0.2) is 79.0 Å². The van der Waals surface area contributed by atoms with E-state index in [1.165, 1.54) is 16.8 Å². The molecule has 0 saturated heterocycles. The Morgan fingerprint density at radius 3 is 2.19 bits per heavy atom. The van der Waals surface area contributed by atoms with Gasteiger partial charge in [0.2, 0.25) is 0 Å². The number of aromatic amines is 1. The van der Waals surface area contributed by atoms with Crippen LogP contribution in [0.3, 0.4) is 0 Å². The number of H-pyrrole nitrogens is 1. The van der Waals surface area contributed by atoms with Gasteiger partial charge in [0.05, 0.1) is 5.10 Å². The first-order valence-corrected chi connectivity index (χ1v) is 9.43. The first-order valence-electron chi connectivity index (χ1n) is 9.43. The molecule has 2 heterocycles. The van der Waals surface area contributed by atoms with E-state index in [0.29, 0.717) is 0 Å². The molecule has 0 unspecified atom stereocenters. The Kier molecular flexibility index (Phi) is 5.06. The summed E-state index contributed by atoms with van der Waals surface area (Å²) in [5.41, 5.74) is 5.97. The summed E-state index contributed by atoms with van der Waals surface area (Å²) in [7, 11) is 0. The molecule has 0 aliphatic carbocycles. The van der Waals surface area contributed by atoms with Crippen molar-refractivity contribution >= 4 is 0 Å². The standard InChI is InChI=1S/C23H23N4/c1-2-3-14-21-15-20(18-10-6-4-7-11-18)16-22(19-12-8-5-9-13-19)27(21)23-17-24-26-25-23/h4-13,15-17H,2-3,14H2,1H3,(H,24,25,26)/q+1. The van der Waals surface area contributed by atoms with Crippen LogP contribution in [0.25, 0.3) is 28.2 Å². The zero-order valence-electron chi connectivity index (χ0n) is 15.5. The lowest BCUT2D eigenvalue weighted by atomic mass is 10.00. The number of nitrogens with one attached hydrogen (secondary N) is 1. The van der Waals surface area contributed by atoms with E-state index in [1.54, 1.807) is 6.20 Å². The highest BCUT2D eigenvalue weighted by Gasteiger charge is 2.22. The number of pyridine rings is 1. The third-order valence-corrected chi connectivity index (χ3v) is 4.74. The molecule has 1 N–H and O–H groups in total. The summed E-state index contributed by atoms with van der Waals surface area (Å²) in [6.45, 7) is 2.22. The van der Waals surface area contributed by atoms with Crippen molar-refractivity contribution in [1.82, 2.24) is 15.4 Å². The summed E-state index contributed by atoms with van der Waals surface area (Å²) in [6.07, 6.45) is 5.05. The molecule has 0 atom stereocenters. The fourth-order valence-corrected chi connectivity index (χ4v) is 3.39. The normalized spacial score (nSPS) is 10.9. The third kappa shape index (κ3) is 3.65. The van der Waals surface area contributed by atoms with Gasteiger partial charge in [-0.3, -0.25) is 0 Å². The van der Waals surface area contributed by atoms with Crippen LogP contribution in [-0.2, 0) is 6.42 Å². The molecule has 4 nitrogen and oxygen atoms in total. The number of unbranched alkanes of at least 4 members (excludes halogenated alkanes) is 1. The minimum atomic E-state index is 0.819. The molecule has 4 heteroatoms. The zero-order chi connectivity index (χ0) is 18.5. The van der Waals surface area contributed by atoms with Gasteiger partial charge < -0.3 is 0 Å². The molecule has 0 bridgehead atoms. The molecule has 0 amide bonds. The van der Waals surface area contributed by atoms with Gasteiger partial charge in [0.1, 0.15) is 17.6 Å². The summed E-state index contributed by atoms with van der Waals surface area (Å²) in [5, 5.41) is 11.2. The lowest BCUT2D eigenvalue weighted by Gasteiger charge is -2.13. The molecule has 134 valence electrons. The highest BCUT2D eigenvalue weighted by Crippen LogP contribution is 2.26. The molecule has 2 aromatic heterocycles. The van der Waals surface area contributed by atoms with Gasteiger partial charge in [0.25, 0.3) is 0 Å². The fourth-order valence-electron chi connectivity index (χ4n) is 3.39. The summed E-state index contributed by atoms with van der Waals surface area (Å²) < 4.78 is 2.22. The average molecular weight is 355 g/mol. The van der Waals surface area contributed by atoms with E-state index in [2.05, 4.69) is 93.6 Å². The molecule has 4 aromatic rings. The van der Waals surface area contributed by atoms with Crippen LogP contribution in [0, 0.1) is 0 Å². The number of benzene rings is 2. The van der Waals surface area contributed by atoms with E-state index in [-0.39, 0.29) is 0 Å². The molecule has 27 heavy (non-hydrogen) atoms. The fraction of sp³-hybridized carbons (Fsp3) is 0.174. The Morgan fingerprint density at radius 2 is 1.56 bits per heavy atom. The maximum Gasteiger partial charge on any atom is 0.375 e. The number of aromatic nitrogens is 4. The Balaban J connectivity index is 1.98. The van der Waals surface area contributed by atoms with Crippen molar-refractivity contribution in [1.29, 1.82) is 0 Å². The quantitative estimate of drug-likeness (QED) is 0.507. The first-order chi connectivity index (χ1) is 13.4. The predicted molar refractivity (Wildman–Crippen MR) is 107 cm³/mol. The van der Waals surface area contributed by atoms with Crippen LogP contribution in [-0.4, -0.2) is 15.4 Å². The van der Waals surface area contributed by atoms with Gasteiger partial charge in [-0.1, -0.05) is 74.0 Å². The van der Waals surface area contributed by atoms with Crippen LogP contribution < -0.4 is 4.57 Å². The molecule has 4 rings (SSSR count). The Bertz CT molecular complexity index is 994. The van der Waals surface area contributed by atoms with Crippen LogP contribution in [0.1, 0.15) is 25.5 Å². The molecule has 0 aliphatic rings. The van der Waals surface area contributed by atoms with Gasteiger partial charge in [0.15, 0.2) is 0 Å². The topological polar surface area (TPSA) is 45.5 Å². The van der Waals surface area contributed by atoms with Crippen LogP contribution >= 0.6 is 0 Å². The van der Waals surface area contributed by atoms with Gasteiger partial charge in [-0.15, -0.1) is 10.3 Å². The zero-order valence-corrected chi connectivity index (χ0v) is 15.5. The molecule has 0 aliphatic heterocycles. The van der Waals surface area contributed by atoms with Crippen molar-refractivity contribution in [3.8, 4) is 28.2 Å². The summed E-state index contributed by atoms with van der Waals surface area (Å²) in [5.74, 6) is 0.819. The van der Waals surface area contributed by atoms with Gasteiger partial charge in [-0.05, 0) is 29.7 Å². The Morgan fingerprint density at radius 1 is 0.852 bits per heavy atom. The van der Waals surface area contributed by atoms with Crippen LogP contribution in [0.5, 0.6) is 0 Å². The van der Waals surface area contributed by atoms with Crippen molar-refractivity contribution in [2.75, 3.05) is 0 Å². The van der Waals surface area contributed by atoms with Crippen molar-refractivity contribution in [2.45, 2.75) is 26.2 Å². The highest BCUT2D eigenvalue weighted by molar-refractivity contribution is 5.69.